The second-order valence-electron chi connectivity index (χ2n) is 13.3. The zero-order valence-electron chi connectivity index (χ0n) is 27.2. The molecule has 0 spiro atoms. The molecule has 0 heteroatoms. The van der Waals surface area contributed by atoms with E-state index in [1.165, 1.54) is 60.0 Å². The van der Waals surface area contributed by atoms with Crippen LogP contribution in [-0.2, 0) is 0 Å². The molecule has 0 N–H and O–H groups in total. The lowest BCUT2D eigenvalue weighted by Gasteiger charge is -2.36. The summed E-state index contributed by atoms with van der Waals surface area (Å²) in [5.41, 5.74) is 8.63. The molecule has 0 nitrogen and oxygen atoms in total. The first-order valence-corrected chi connectivity index (χ1v) is 15.2. The summed E-state index contributed by atoms with van der Waals surface area (Å²) in [6.07, 6.45) is 29.0. The van der Waals surface area contributed by atoms with Gasteiger partial charge in [0.2, 0.25) is 0 Å². The van der Waals surface area contributed by atoms with Gasteiger partial charge in [-0.3, -0.25) is 0 Å². The summed E-state index contributed by atoms with van der Waals surface area (Å²) in [6.45, 7) is 22.5. The van der Waals surface area contributed by atoms with Gasteiger partial charge < -0.3 is 0 Å². The molecule has 2 atom stereocenters. The van der Waals surface area contributed by atoms with Crippen molar-refractivity contribution >= 4 is 0 Å². The molecule has 0 amide bonds. The summed E-state index contributed by atoms with van der Waals surface area (Å²) < 4.78 is 0. The third-order valence-corrected chi connectivity index (χ3v) is 8.34. The van der Waals surface area contributed by atoms with Gasteiger partial charge in [-0.25, -0.2) is 0 Å². The van der Waals surface area contributed by atoms with E-state index in [1.807, 2.05) is 6.08 Å². The van der Waals surface area contributed by atoms with Crippen molar-refractivity contribution in [3.63, 3.8) is 0 Å². The molecule has 2 aliphatic rings. The van der Waals surface area contributed by atoms with E-state index >= 15 is 0 Å². The minimum atomic E-state index is 0.270. The van der Waals surface area contributed by atoms with Crippen LogP contribution in [0.15, 0.2) is 94.2 Å². The van der Waals surface area contributed by atoms with Crippen LogP contribution in [-0.4, -0.2) is 0 Å². The van der Waals surface area contributed by atoms with Crippen LogP contribution in [0.4, 0.5) is 0 Å². The summed E-state index contributed by atoms with van der Waals surface area (Å²) >= 11 is 0. The monoisotopic (exact) mass is 534 g/mol. The average molecular weight is 535 g/mol. The van der Waals surface area contributed by atoms with Crippen LogP contribution in [0.5, 0.6) is 0 Å². The normalized spacial score (nSPS) is 22.7. The Hall–Kier alpha value is -2.96. The average Bonchev–Trinajstić information content (AvgIpc) is 2.85. The number of hydrogen-bond donors (Lipinski definition) is 0. The van der Waals surface area contributed by atoms with Crippen LogP contribution in [0.25, 0.3) is 0 Å². The van der Waals surface area contributed by atoms with E-state index in [1.54, 1.807) is 0 Å². The lowest BCUT2D eigenvalue weighted by atomic mass is 9.68. The smallest absolute Gasteiger partial charge is 0.0354 e. The first-order valence-electron chi connectivity index (χ1n) is 15.2. The van der Waals surface area contributed by atoms with Crippen LogP contribution in [0.1, 0.15) is 108 Å². The largest absolute Gasteiger partial charge is 0.0983 e. The topological polar surface area (TPSA) is 0 Å². The zero-order valence-corrected chi connectivity index (χ0v) is 27.2. The summed E-state index contributed by atoms with van der Waals surface area (Å²) in [6, 6.07) is 0. The van der Waals surface area contributed by atoms with E-state index in [2.05, 4.69) is 148 Å². The molecule has 0 aromatic rings. The van der Waals surface area contributed by atoms with Gasteiger partial charge in [0, 0.05) is 18.3 Å². The van der Waals surface area contributed by atoms with Crippen LogP contribution >= 0.6 is 0 Å². The van der Waals surface area contributed by atoms with Gasteiger partial charge >= 0.3 is 0 Å². The Balaban J connectivity index is 1.86. The second-order valence-corrected chi connectivity index (χ2v) is 13.3. The van der Waals surface area contributed by atoms with Crippen molar-refractivity contribution in [3.05, 3.63) is 94.2 Å². The molecule has 0 heterocycles. The fourth-order valence-corrected chi connectivity index (χ4v) is 5.72. The van der Waals surface area contributed by atoms with Crippen LogP contribution < -0.4 is 0 Å². The van der Waals surface area contributed by atoms with Gasteiger partial charge in [0.25, 0.3) is 0 Å². The predicted molar refractivity (Wildman–Crippen MR) is 179 cm³/mol. The molecule has 0 aliphatic heterocycles. The molecule has 0 saturated carbocycles. The standard InChI is InChI=1S/C40H54/c1-31(19-13-21-33(3)25-27-37-35(5)23-15-29-39(37,7)8)17-11-12-18-32(2)20-14-22-34(4)26-28-38-36(6)24-16-30-40(38,9)10/h11-12,17-18,22-23,25-28,33,37H,15-16,19,24,29-30H2,1-10H3/b12-11-,27-25+,28-26+,31-17?,32-18+,34-22+. The molecule has 214 valence electrons. The molecule has 0 saturated heterocycles. The number of allylic oxidation sites excluding steroid dienone is 16. The van der Waals surface area contributed by atoms with Crippen LogP contribution in [0.3, 0.4) is 0 Å². The summed E-state index contributed by atoms with van der Waals surface area (Å²) in [5, 5.41) is 0. The second kappa shape index (κ2) is 15.7. The first-order chi connectivity index (χ1) is 18.8. The maximum absolute atomic E-state index is 3.41. The molecular formula is C40H54. The minimum Gasteiger partial charge on any atom is -0.0983 e. The van der Waals surface area contributed by atoms with Gasteiger partial charge in [-0.1, -0.05) is 123 Å². The number of hydrogen-bond acceptors (Lipinski definition) is 0. The van der Waals surface area contributed by atoms with Crippen molar-refractivity contribution in [1.29, 1.82) is 0 Å². The van der Waals surface area contributed by atoms with Crippen molar-refractivity contribution in [3.8, 4) is 23.7 Å². The molecule has 0 fully saturated rings. The zero-order chi connectivity index (χ0) is 29.8. The molecule has 40 heavy (non-hydrogen) atoms. The lowest BCUT2D eigenvalue weighted by Crippen LogP contribution is -2.26. The lowest BCUT2D eigenvalue weighted by molar-refractivity contribution is 0.255. The Morgan fingerprint density at radius 3 is 2.48 bits per heavy atom. The van der Waals surface area contributed by atoms with E-state index in [0.717, 1.165) is 12.0 Å². The van der Waals surface area contributed by atoms with Gasteiger partial charge in [0.05, 0.1) is 0 Å². The van der Waals surface area contributed by atoms with E-state index in [-0.39, 0.29) is 11.3 Å². The summed E-state index contributed by atoms with van der Waals surface area (Å²) in [5.74, 6) is 14.0. The quantitative estimate of drug-likeness (QED) is 0.173. The Labute approximate surface area is 247 Å². The Kier molecular flexibility index (Phi) is 13.1. The summed E-state index contributed by atoms with van der Waals surface area (Å²) in [4.78, 5) is 0. The Bertz CT molecular complexity index is 1250. The molecule has 2 aliphatic carbocycles. The molecule has 0 bridgehead atoms. The highest BCUT2D eigenvalue weighted by atomic mass is 14.4. The maximum atomic E-state index is 3.41. The molecule has 0 radical (unpaired) electrons. The van der Waals surface area contributed by atoms with E-state index in [0.29, 0.717) is 11.3 Å². The first kappa shape index (κ1) is 33.2. The molecule has 2 unspecified atom stereocenters. The van der Waals surface area contributed by atoms with E-state index in [4.69, 9.17) is 0 Å². The summed E-state index contributed by atoms with van der Waals surface area (Å²) in [7, 11) is 0. The van der Waals surface area contributed by atoms with E-state index < -0.39 is 0 Å². The fraction of sp³-hybridized carbons (Fsp3) is 0.500. The SMILES string of the molecule is CC(=C/C=C\C=C(/C)C#C/C=C(C)/C=C/C1=C(C)CCCC1(C)C)CC#CC(C)/C=C/C1C(C)=CCCC1(C)C. The highest BCUT2D eigenvalue weighted by Gasteiger charge is 2.30. The maximum Gasteiger partial charge on any atom is 0.0354 e. The fourth-order valence-electron chi connectivity index (χ4n) is 5.72. The third kappa shape index (κ3) is 11.3. The minimum absolute atomic E-state index is 0.270. The molecule has 0 aromatic heterocycles. The van der Waals surface area contributed by atoms with E-state index in [9.17, 15) is 0 Å². The van der Waals surface area contributed by atoms with Crippen molar-refractivity contribution in [2.45, 2.75) is 108 Å². The van der Waals surface area contributed by atoms with Crippen LogP contribution in [0, 0.1) is 46.3 Å². The van der Waals surface area contributed by atoms with Crippen molar-refractivity contribution in [2.24, 2.45) is 22.7 Å². The third-order valence-electron chi connectivity index (χ3n) is 8.34. The van der Waals surface area contributed by atoms with Crippen molar-refractivity contribution in [2.75, 3.05) is 0 Å². The van der Waals surface area contributed by atoms with Gasteiger partial charge in [-0.2, -0.15) is 0 Å². The van der Waals surface area contributed by atoms with Gasteiger partial charge in [0.1, 0.15) is 0 Å². The molecule has 2 rings (SSSR count). The molecular weight excluding hydrogens is 480 g/mol. The Morgan fingerprint density at radius 1 is 1.05 bits per heavy atom. The van der Waals surface area contributed by atoms with Crippen molar-refractivity contribution in [1.82, 2.24) is 0 Å². The highest BCUT2D eigenvalue weighted by Crippen LogP contribution is 2.42. The number of rotatable bonds is 7. The predicted octanol–water partition coefficient (Wildman–Crippen LogP) is 11.4. The van der Waals surface area contributed by atoms with Crippen LogP contribution in [0.2, 0.25) is 0 Å². The van der Waals surface area contributed by atoms with Gasteiger partial charge in [0.15, 0.2) is 0 Å². The molecule has 0 aromatic carbocycles. The van der Waals surface area contributed by atoms with Gasteiger partial charge in [-0.05, 0) is 107 Å². The Morgan fingerprint density at radius 2 is 1.77 bits per heavy atom. The van der Waals surface area contributed by atoms with Crippen molar-refractivity contribution < 1.29 is 0 Å². The highest BCUT2D eigenvalue weighted by molar-refractivity contribution is 5.40. The van der Waals surface area contributed by atoms with Gasteiger partial charge in [-0.15, -0.1) is 0 Å².